The summed E-state index contributed by atoms with van der Waals surface area (Å²) in [5.74, 6) is 3.27. The van der Waals surface area contributed by atoms with Crippen LogP contribution in [0.3, 0.4) is 0 Å². The van der Waals surface area contributed by atoms with Crippen LogP contribution in [0.25, 0.3) is 0 Å². The fourth-order valence-electron chi connectivity index (χ4n) is 2.49. The summed E-state index contributed by atoms with van der Waals surface area (Å²) in [5, 5.41) is 3.23. The lowest BCUT2D eigenvalue weighted by atomic mass is 10.0. The quantitative estimate of drug-likeness (QED) is 0.791. The van der Waals surface area contributed by atoms with Crippen LogP contribution in [0.2, 0.25) is 0 Å². The molecule has 1 aromatic heterocycles. The van der Waals surface area contributed by atoms with E-state index in [0.717, 1.165) is 24.0 Å². The average Bonchev–Trinajstić information content (AvgIpc) is 2.33. The van der Waals surface area contributed by atoms with Crippen LogP contribution in [0.1, 0.15) is 32.0 Å². The first-order valence-corrected chi connectivity index (χ1v) is 6.45. The molecule has 0 aliphatic carbocycles. The Morgan fingerprint density at radius 2 is 2.24 bits per heavy atom. The third-order valence-electron chi connectivity index (χ3n) is 3.74. The Kier molecular flexibility index (Phi) is 3.50. The van der Waals surface area contributed by atoms with Gasteiger partial charge in [-0.1, -0.05) is 4.98 Å². The van der Waals surface area contributed by atoms with E-state index < -0.39 is 0 Å². The summed E-state index contributed by atoms with van der Waals surface area (Å²) >= 11 is 0. The van der Waals surface area contributed by atoms with E-state index in [-0.39, 0.29) is 0 Å². The van der Waals surface area contributed by atoms with Crippen LogP contribution in [0.5, 0.6) is 0 Å². The molecule has 1 N–H and O–H groups in total. The van der Waals surface area contributed by atoms with E-state index in [1.54, 1.807) is 0 Å². The van der Waals surface area contributed by atoms with Crippen LogP contribution >= 0.6 is 0 Å². The standard InChI is InChI=1S/C13H22N4/c1-10-7-5-6-8-17(10)13-9-12(14-3)16(4)11(2)15-13/h9-10H,5-8H2,1-4H3/p+1. The summed E-state index contributed by atoms with van der Waals surface area (Å²) < 4.78 is 2.08. The molecule has 2 heterocycles. The summed E-state index contributed by atoms with van der Waals surface area (Å²) in [6.07, 6.45) is 3.90. The van der Waals surface area contributed by atoms with Gasteiger partial charge in [0.15, 0.2) is 0 Å². The fourth-order valence-corrected chi connectivity index (χ4v) is 2.49. The van der Waals surface area contributed by atoms with Crippen molar-refractivity contribution in [2.24, 2.45) is 7.05 Å². The molecular formula is C13H23N4+. The summed E-state index contributed by atoms with van der Waals surface area (Å²) in [4.78, 5) is 7.13. The van der Waals surface area contributed by atoms with E-state index in [0.29, 0.717) is 6.04 Å². The minimum Gasteiger partial charge on any atom is -0.340 e. The van der Waals surface area contributed by atoms with Crippen LogP contribution in [0.4, 0.5) is 11.6 Å². The van der Waals surface area contributed by atoms with Gasteiger partial charge in [0, 0.05) is 26.6 Å². The van der Waals surface area contributed by atoms with Crippen LogP contribution in [-0.4, -0.2) is 24.6 Å². The van der Waals surface area contributed by atoms with Crippen molar-refractivity contribution in [3.05, 3.63) is 11.9 Å². The molecule has 0 aromatic carbocycles. The number of aromatic nitrogens is 2. The van der Waals surface area contributed by atoms with E-state index >= 15 is 0 Å². The van der Waals surface area contributed by atoms with Crippen molar-refractivity contribution in [1.29, 1.82) is 0 Å². The lowest BCUT2D eigenvalue weighted by Gasteiger charge is -2.33. The highest BCUT2D eigenvalue weighted by Gasteiger charge is 2.23. The highest BCUT2D eigenvalue weighted by atomic mass is 15.2. The largest absolute Gasteiger partial charge is 0.340 e. The van der Waals surface area contributed by atoms with Crippen molar-refractivity contribution >= 4 is 11.6 Å². The monoisotopic (exact) mass is 235 g/mol. The number of hydrogen-bond acceptors (Lipinski definition) is 3. The SMILES string of the molecule is CNc1cc(N2CCCCC2C)nc(C)[n+]1C. The lowest BCUT2D eigenvalue weighted by Crippen LogP contribution is -2.41. The highest BCUT2D eigenvalue weighted by molar-refractivity contribution is 5.47. The van der Waals surface area contributed by atoms with E-state index in [4.69, 9.17) is 4.98 Å². The van der Waals surface area contributed by atoms with Crippen molar-refractivity contribution in [2.45, 2.75) is 39.2 Å². The molecule has 4 heteroatoms. The van der Waals surface area contributed by atoms with Gasteiger partial charge in [-0.05, 0) is 26.2 Å². The second-order valence-electron chi connectivity index (χ2n) is 4.89. The second-order valence-corrected chi connectivity index (χ2v) is 4.89. The smallest absolute Gasteiger partial charge is 0.237 e. The van der Waals surface area contributed by atoms with Crippen LogP contribution < -0.4 is 14.8 Å². The van der Waals surface area contributed by atoms with Crippen molar-refractivity contribution in [3.8, 4) is 0 Å². The Labute approximate surface area is 104 Å². The third-order valence-corrected chi connectivity index (χ3v) is 3.74. The minimum atomic E-state index is 0.605. The normalized spacial score (nSPS) is 20.5. The highest BCUT2D eigenvalue weighted by Crippen LogP contribution is 2.23. The molecule has 0 bridgehead atoms. The van der Waals surface area contributed by atoms with Crippen molar-refractivity contribution in [2.75, 3.05) is 23.8 Å². The Morgan fingerprint density at radius 3 is 2.88 bits per heavy atom. The van der Waals surface area contributed by atoms with E-state index in [1.807, 2.05) is 14.1 Å². The molecule has 1 atom stereocenters. The number of aryl methyl sites for hydroxylation is 1. The van der Waals surface area contributed by atoms with Crippen molar-refractivity contribution in [1.82, 2.24) is 4.98 Å². The van der Waals surface area contributed by atoms with Gasteiger partial charge in [-0.25, -0.2) is 4.57 Å². The molecule has 1 aliphatic heterocycles. The molecule has 17 heavy (non-hydrogen) atoms. The van der Waals surface area contributed by atoms with Gasteiger partial charge in [-0.15, -0.1) is 0 Å². The van der Waals surface area contributed by atoms with E-state index in [1.165, 1.54) is 19.3 Å². The number of anilines is 2. The van der Waals surface area contributed by atoms with Gasteiger partial charge < -0.3 is 10.2 Å². The molecule has 1 aliphatic rings. The molecule has 1 saturated heterocycles. The Bertz CT molecular complexity index is 403. The average molecular weight is 235 g/mol. The second kappa shape index (κ2) is 4.90. The number of hydrogen-bond donors (Lipinski definition) is 1. The minimum absolute atomic E-state index is 0.605. The lowest BCUT2D eigenvalue weighted by molar-refractivity contribution is -0.666. The van der Waals surface area contributed by atoms with Crippen molar-refractivity contribution < 1.29 is 4.57 Å². The van der Waals surface area contributed by atoms with E-state index in [2.05, 4.69) is 34.7 Å². The topological polar surface area (TPSA) is 32.0 Å². The zero-order valence-electron chi connectivity index (χ0n) is 11.3. The molecule has 1 unspecified atom stereocenters. The maximum absolute atomic E-state index is 4.70. The summed E-state index contributed by atoms with van der Waals surface area (Å²) in [6, 6.07) is 2.75. The number of piperidine rings is 1. The Morgan fingerprint density at radius 1 is 1.47 bits per heavy atom. The van der Waals surface area contributed by atoms with Gasteiger partial charge in [0.2, 0.25) is 17.5 Å². The molecule has 0 radical (unpaired) electrons. The first-order valence-electron chi connectivity index (χ1n) is 6.45. The van der Waals surface area contributed by atoms with E-state index in [9.17, 15) is 0 Å². The van der Waals surface area contributed by atoms with Gasteiger partial charge in [0.25, 0.3) is 0 Å². The molecule has 0 spiro atoms. The zero-order chi connectivity index (χ0) is 12.4. The molecule has 94 valence electrons. The Hall–Kier alpha value is -1.32. The van der Waals surface area contributed by atoms with Crippen LogP contribution in [-0.2, 0) is 7.05 Å². The van der Waals surface area contributed by atoms with Crippen molar-refractivity contribution in [3.63, 3.8) is 0 Å². The summed E-state index contributed by atoms with van der Waals surface area (Å²) in [5.41, 5.74) is 0. The first-order chi connectivity index (χ1) is 8.13. The van der Waals surface area contributed by atoms with Gasteiger partial charge in [0.05, 0.1) is 13.1 Å². The van der Waals surface area contributed by atoms with Gasteiger partial charge in [0.1, 0.15) is 0 Å². The fraction of sp³-hybridized carbons (Fsp3) is 0.692. The predicted molar refractivity (Wildman–Crippen MR) is 70.4 cm³/mol. The molecule has 0 amide bonds. The molecule has 2 rings (SSSR count). The molecular weight excluding hydrogens is 212 g/mol. The first kappa shape index (κ1) is 12.1. The molecule has 1 aromatic rings. The molecule has 1 fully saturated rings. The van der Waals surface area contributed by atoms with Gasteiger partial charge in [-0.3, -0.25) is 0 Å². The summed E-state index contributed by atoms with van der Waals surface area (Å²) in [6.45, 7) is 5.48. The number of rotatable bonds is 2. The van der Waals surface area contributed by atoms with Crippen LogP contribution in [0.15, 0.2) is 6.07 Å². The van der Waals surface area contributed by atoms with Gasteiger partial charge in [-0.2, -0.15) is 0 Å². The maximum Gasteiger partial charge on any atom is 0.237 e. The molecule has 4 nitrogen and oxygen atoms in total. The zero-order valence-corrected chi connectivity index (χ0v) is 11.3. The number of nitrogens with zero attached hydrogens (tertiary/aromatic N) is 3. The summed E-state index contributed by atoms with van der Waals surface area (Å²) in [7, 11) is 4.00. The maximum atomic E-state index is 4.70. The van der Waals surface area contributed by atoms with Gasteiger partial charge >= 0.3 is 0 Å². The molecule has 0 saturated carbocycles. The predicted octanol–water partition coefficient (Wildman–Crippen LogP) is 1.64. The Balaban J connectivity index is 2.34. The third kappa shape index (κ3) is 2.35. The number of nitrogens with one attached hydrogen (secondary N) is 1. The van der Waals surface area contributed by atoms with Crippen LogP contribution in [0, 0.1) is 6.92 Å².